The molecule has 1 fully saturated rings. The third-order valence-electron chi connectivity index (χ3n) is 7.61. The van der Waals surface area contributed by atoms with Crippen molar-refractivity contribution >= 4 is 10.9 Å². The van der Waals surface area contributed by atoms with Gasteiger partial charge in [0.25, 0.3) is 5.89 Å². The number of likely N-dealkylation sites (tertiary alicyclic amines) is 1. The smallest absolute Gasteiger partial charge is 0.276 e. The van der Waals surface area contributed by atoms with Gasteiger partial charge in [-0.1, -0.05) is 65.8 Å². The van der Waals surface area contributed by atoms with Crippen LogP contribution in [-0.4, -0.2) is 43.1 Å². The van der Waals surface area contributed by atoms with Crippen molar-refractivity contribution in [2.24, 2.45) is 0 Å². The normalized spacial score (nSPS) is 14.5. The molecule has 40 heavy (non-hydrogen) atoms. The van der Waals surface area contributed by atoms with E-state index in [9.17, 15) is 0 Å². The van der Waals surface area contributed by atoms with Crippen LogP contribution in [0.3, 0.4) is 0 Å². The summed E-state index contributed by atoms with van der Waals surface area (Å²) in [6.45, 7) is 2.91. The van der Waals surface area contributed by atoms with Crippen LogP contribution in [0.2, 0.25) is 0 Å². The minimum atomic E-state index is 0.311. The van der Waals surface area contributed by atoms with Crippen LogP contribution in [-0.2, 0) is 6.54 Å². The maximum atomic E-state index is 5.49. The molecule has 196 valence electrons. The highest BCUT2D eigenvalue weighted by molar-refractivity contribution is 5.91. The van der Waals surface area contributed by atoms with Crippen molar-refractivity contribution in [1.29, 1.82) is 0 Å². The Bertz CT molecular complexity index is 1730. The highest BCUT2D eigenvalue weighted by Crippen LogP contribution is 2.34. The van der Waals surface area contributed by atoms with Gasteiger partial charge in [-0.05, 0) is 61.3 Å². The Balaban J connectivity index is 1.05. The van der Waals surface area contributed by atoms with Gasteiger partial charge in [-0.25, -0.2) is 4.98 Å². The summed E-state index contributed by atoms with van der Waals surface area (Å²) < 4.78 is 5.49. The van der Waals surface area contributed by atoms with Crippen LogP contribution in [0.4, 0.5) is 0 Å². The number of pyridine rings is 3. The van der Waals surface area contributed by atoms with Gasteiger partial charge in [0.2, 0.25) is 0 Å². The number of rotatable bonds is 6. The number of hydrogen-bond donors (Lipinski definition) is 0. The molecule has 0 amide bonds. The average Bonchev–Trinajstić information content (AvgIpc) is 3.53. The second-order valence-corrected chi connectivity index (χ2v) is 10.2. The van der Waals surface area contributed by atoms with Gasteiger partial charge in [0, 0.05) is 47.6 Å². The van der Waals surface area contributed by atoms with E-state index in [1.165, 1.54) is 5.56 Å². The second-order valence-electron chi connectivity index (χ2n) is 10.2. The van der Waals surface area contributed by atoms with Gasteiger partial charge in [0.15, 0.2) is 5.82 Å². The summed E-state index contributed by atoms with van der Waals surface area (Å²) in [5.74, 6) is 1.59. The summed E-state index contributed by atoms with van der Waals surface area (Å²) in [6.07, 6.45) is 7.43. The zero-order valence-electron chi connectivity index (χ0n) is 22.0. The monoisotopic (exact) mass is 524 g/mol. The maximum Gasteiger partial charge on any atom is 0.276 e. The summed E-state index contributed by atoms with van der Waals surface area (Å²) in [4.78, 5) is 20.8. The van der Waals surface area contributed by atoms with Gasteiger partial charge in [0.05, 0.1) is 11.2 Å². The van der Waals surface area contributed by atoms with Gasteiger partial charge in [-0.15, -0.1) is 0 Å². The van der Waals surface area contributed by atoms with Gasteiger partial charge in [-0.3, -0.25) is 14.9 Å². The maximum absolute atomic E-state index is 5.49. The molecule has 0 atom stereocenters. The Morgan fingerprint density at radius 1 is 0.800 bits per heavy atom. The van der Waals surface area contributed by atoms with Crippen LogP contribution >= 0.6 is 0 Å². The van der Waals surface area contributed by atoms with Crippen molar-refractivity contribution < 1.29 is 4.52 Å². The summed E-state index contributed by atoms with van der Waals surface area (Å²) in [6, 6.07) is 29.2. The topological polar surface area (TPSA) is 80.8 Å². The molecule has 0 aliphatic carbocycles. The summed E-state index contributed by atoms with van der Waals surface area (Å²) >= 11 is 0. The first-order valence-corrected chi connectivity index (χ1v) is 13.7. The Labute approximate surface area is 232 Å². The molecular formula is C33H28N6O. The molecule has 0 radical (unpaired) electrons. The molecule has 7 heteroatoms. The van der Waals surface area contributed by atoms with Crippen LogP contribution < -0.4 is 0 Å². The lowest BCUT2D eigenvalue weighted by molar-refractivity contribution is 0.200. The first-order chi connectivity index (χ1) is 19.8. The fourth-order valence-electron chi connectivity index (χ4n) is 5.44. The fraction of sp³-hybridized carbons (Fsp3) is 0.182. The molecule has 5 heterocycles. The summed E-state index contributed by atoms with van der Waals surface area (Å²) in [5, 5.41) is 5.30. The van der Waals surface area contributed by atoms with E-state index in [1.54, 1.807) is 12.4 Å². The molecule has 2 aromatic carbocycles. The molecular weight excluding hydrogens is 496 g/mol. The minimum absolute atomic E-state index is 0.311. The molecule has 0 spiro atoms. The Morgan fingerprint density at radius 2 is 1.62 bits per heavy atom. The number of piperidine rings is 1. The SMILES string of the molecule is c1ccc(-c2cc3cnccc3nc2-c2ccc(CN3CCC(c4noc(-c5ccccn5)n4)CC3)cc2)cc1. The molecule has 0 bridgehead atoms. The number of fused-ring (bicyclic) bond motifs is 1. The van der Waals surface area contributed by atoms with E-state index in [-0.39, 0.29) is 0 Å². The van der Waals surface area contributed by atoms with Crippen molar-refractivity contribution in [3.63, 3.8) is 0 Å². The number of hydrogen-bond acceptors (Lipinski definition) is 7. The van der Waals surface area contributed by atoms with Crippen LogP contribution in [0, 0.1) is 0 Å². The summed E-state index contributed by atoms with van der Waals surface area (Å²) in [7, 11) is 0. The zero-order chi connectivity index (χ0) is 26.7. The van der Waals surface area contributed by atoms with Gasteiger partial charge in [0.1, 0.15) is 5.69 Å². The lowest BCUT2D eigenvalue weighted by Gasteiger charge is -2.30. The van der Waals surface area contributed by atoms with Gasteiger partial charge in [-0.2, -0.15) is 4.98 Å². The first kappa shape index (κ1) is 24.3. The van der Waals surface area contributed by atoms with E-state index in [0.29, 0.717) is 17.5 Å². The molecule has 1 aliphatic heterocycles. The standard InChI is InChI=1S/C33H28N6O/c1-2-6-24(7-3-1)28-20-27-21-34-17-13-29(27)36-31(28)25-11-9-23(10-12-25)22-39-18-14-26(15-19-39)32-37-33(40-38-32)30-8-4-5-16-35-30/h1-13,16-17,20-21,26H,14-15,18-19,22H2. The highest BCUT2D eigenvalue weighted by Gasteiger charge is 2.25. The van der Waals surface area contributed by atoms with Crippen LogP contribution in [0.1, 0.15) is 30.1 Å². The van der Waals surface area contributed by atoms with E-state index in [1.807, 2.05) is 36.5 Å². The molecule has 0 N–H and O–H groups in total. The number of nitrogens with zero attached hydrogens (tertiary/aromatic N) is 6. The van der Waals surface area contributed by atoms with E-state index < -0.39 is 0 Å². The lowest BCUT2D eigenvalue weighted by atomic mass is 9.95. The Morgan fingerprint density at radius 3 is 2.42 bits per heavy atom. The van der Waals surface area contributed by atoms with Crippen LogP contribution in [0.5, 0.6) is 0 Å². The predicted molar refractivity (Wildman–Crippen MR) is 155 cm³/mol. The zero-order valence-corrected chi connectivity index (χ0v) is 22.0. The molecule has 7 rings (SSSR count). The first-order valence-electron chi connectivity index (χ1n) is 13.7. The van der Waals surface area contributed by atoms with E-state index in [2.05, 4.69) is 79.6 Å². The number of aromatic nitrogens is 5. The minimum Gasteiger partial charge on any atom is -0.332 e. The third-order valence-corrected chi connectivity index (χ3v) is 7.61. The third kappa shape index (κ3) is 4.99. The van der Waals surface area contributed by atoms with E-state index >= 15 is 0 Å². The molecule has 0 unspecified atom stereocenters. The van der Waals surface area contributed by atoms with Crippen molar-refractivity contribution in [3.05, 3.63) is 115 Å². The number of benzene rings is 2. The molecule has 0 saturated carbocycles. The van der Waals surface area contributed by atoms with Crippen molar-refractivity contribution in [2.45, 2.75) is 25.3 Å². The molecule has 1 aliphatic rings. The quantitative estimate of drug-likeness (QED) is 0.237. The Kier molecular flexibility index (Phi) is 6.55. The molecule has 6 aromatic rings. The lowest BCUT2D eigenvalue weighted by Crippen LogP contribution is -2.32. The van der Waals surface area contributed by atoms with Gasteiger partial charge >= 0.3 is 0 Å². The van der Waals surface area contributed by atoms with Crippen molar-refractivity contribution in [2.75, 3.05) is 13.1 Å². The Hall–Kier alpha value is -4.75. The van der Waals surface area contributed by atoms with Crippen LogP contribution in [0.25, 0.3) is 44.9 Å². The second kappa shape index (κ2) is 10.8. The molecule has 7 nitrogen and oxygen atoms in total. The van der Waals surface area contributed by atoms with Crippen molar-refractivity contribution in [1.82, 2.24) is 30.0 Å². The fourth-order valence-corrected chi connectivity index (χ4v) is 5.44. The van der Waals surface area contributed by atoms with E-state index in [4.69, 9.17) is 9.51 Å². The largest absolute Gasteiger partial charge is 0.332 e. The molecule has 4 aromatic heterocycles. The van der Waals surface area contributed by atoms with Crippen molar-refractivity contribution in [3.8, 4) is 34.0 Å². The van der Waals surface area contributed by atoms with Crippen LogP contribution in [0.15, 0.2) is 108 Å². The van der Waals surface area contributed by atoms with Gasteiger partial charge < -0.3 is 4.52 Å². The summed E-state index contributed by atoms with van der Waals surface area (Å²) in [5.41, 5.74) is 7.33. The van der Waals surface area contributed by atoms with E-state index in [0.717, 1.165) is 71.6 Å². The highest BCUT2D eigenvalue weighted by atomic mass is 16.5. The molecule has 1 saturated heterocycles. The average molecular weight is 525 g/mol. The predicted octanol–water partition coefficient (Wildman–Crippen LogP) is 6.79.